The molecule has 0 aromatic carbocycles. The first-order chi connectivity index (χ1) is 5.52. The lowest BCUT2D eigenvalue weighted by atomic mass is 10.4. The Morgan fingerprint density at radius 2 is 1.92 bits per heavy atom. The van der Waals surface area contributed by atoms with Crippen molar-refractivity contribution < 1.29 is 0 Å². The highest BCUT2D eigenvalue weighted by atomic mass is 79.9. The Morgan fingerprint density at radius 1 is 1.33 bits per heavy atom. The summed E-state index contributed by atoms with van der Waals surface area (Å²) >= 11 is 3.29. The molecule has 1 aromatic heterocycles. The van der Waals surface area contributed by atoms with Crippen molar-refractivity contribution in [1.29, 1.82) is 0 Å². The Kier molecular flexibility index (Phi) is 2.52. The normalized spacial score (nSPS) is 10.0. The number of aryl methyl sites for hydroxylation is 1. The Hall–Kier alpha value is -0.840. The number of anilines is 2. The number of nitrogen functional groups attached to an aromatic ring is 1. The predicted octanol–water partition coefficient (Wildman–Crippen LogP) is 1.20. The molecule has 0 aliphatic carbocycles. The lowest BCUT2D eigenvalue weighted by Gasteiger charge is -2.11. The van der Waals surface area contributed by atoms with E-state index in [4.69, 9.17) is 5.73 Å². The van der Waals surface area contributed by atoms with Gasteiger partial charge in [-0.15, -0.1) is 0 Å². The minimum atomic E-state index is 0.478. The zero-order valence-corrected chi connectivity index (χ0v) is 8.88. The average Bonchev–Trinajstić information content (AvgIpc) is 1.99. The highest BCUT2D eigenvalue weighted by Crippen LogP contribution is 2.21. The maximum Gasteiger partial charge on any atom is 0.227 e. The largest absolute Gasteiger partial charge is 0.383 e. The summed E-state index contributed by atoms with van der Waals surface area (Å²) in [6, 6.07) is 0. The summed E-state index contributed by atoms with van der Waals surface area (Å²) in [6.07, 6.45) is 0. The molecule has 4 nitrogen and oxygen atoms in total. The van der Waals surface area contributed by atoms with Crippen LogP contribution in [0.3, 0.4) is 0 Å². The number of aromatic nitrogens is 2. The smallest absolute Gasteiger partial charge is 0.227 e. The van der Waals surface area contributed by atoms with E-state index in [1.54, 1.807) is 0 Å². The van der Waals surface area contributed by atoms with Gasteiger partial charge in [0.05, 0.1) is 10.2 Å². The molecule has 0 atom stereocenters. The number of hydrogen-bond donors (Lipinski definition) is 1. The number of halogens is 1. The van der Waals surface area contributed by atoms with Crippen LogP contribution in [0.1, 0.15) is 5.69 Å². The van der Waals surface area contributed by atoms with Gasteiger partial charge in [-0.25, -0.2) is 4.98 Å². The van der Waals surface area contributed by atoms with Gasteiger partial charge in [0.25, 0.3) is 0 Å². The van der Waals surface area contributed by atoms with Gasteiger partial charge < -0.3 is 10.6 Å². The van der Waals surface area contributed by atoms with Crippen molar-refractivity contribution in [3.8, 4) is 0 Å². The van der Waals surface area contributed by atoms with Crippen molar-refractivity contribution in [2.45, 2.75) is 6.92 Å². The minimum absolute atomic E-state index is 0.478. The van der Waals surface area contributed by atoms with Gasteiger partial charge in [-0.05, 0) is 22.9 Å². The van der Waals surface area contributed by atoms with E-state index in [0.717, 1.165) is 10.2 Å². The van der Waals surface area contributed by atoms with Crippen LogP contribution in [-0.4, -0.2) is 24.1 Å². The first kappa shape index (κ1) is 9.25. The van der Waals surface area contributed by atoms with E-state index in [-0.39, 0.29) is 0 Å². The average molecular weight is 231 g/mol. The van der Waals surface area contributed by atoms with Crippen LogP contribution in [0.4, 0.5) is 11.8 Å². The van der Waals surface area contributed by atoms with Gasteiger partial charge in [0.2, 0.25) is 5.95 Å². The Balaban J connectivity index is 3.21. The van der Waals surface area contributed by atoms with E-state index in [0.29, 0.717) is 11.8 Å². The molecule has 2 N–H and O–H groups in total. The van der Waals surface area contributed by atoms with E-state index in [1.807, 2.05) is 25.9 Å². The van der Waals surface area contributed by atoms with Crippen molar-refractivity contribution in [3.05, 3.63) is 10.2 Å². The molecule has 0 saturated heterocycles. The summed E-state index contributed by atoms with van der Waals surface area (Å²) in [5, 5.41) is 0. The van der Waals surface area contributed by atoms with E-state index in [2.05, 4.69) is 25.9 Å². The van der Waals surface area contributed by atoms with Gasteiger partial charge in [0.15, 0.2) is 0 Å². The minimum Gasteiger partial charge on any atom is -0.383 e. The van der Waals surface area contributed by atoms with Gasteiger partial charge >= 0.3 is 0 Å². The maximum atomic E-state index is 5.63. The second kappa shape index (κ2) is 3.26. The second-order valence-corrected chi connectivity index (χ2v) is 3.50. The monoisotopic (exact) mass is 230 g/mol. The van der Waals surface area contributed by atoms with Crippen LogP contribution in [-0.2, 0) is 0 Å². The van der Waals surface area contributed by atoms with Crippen LogP contribution in [0.2, 0.25) is 0 Å². The van der Waals surface area contributed by atoms with Gasteiger partial charge in [0.1, 0.15) is 5.82 Å². The fourth-order valence-electron chi connectivity index (χ4n) is 0.766. The lowest BCUT2D eigenvalue weighted by Crippen LogP contribution is -2.14. The SMILES string of the molecule is Cc1nc(N(C)C)nc(N)c1Br. The van der Waals surface area contributed by atoms with E-state index in [1.165, 1.54) is 0 Å². The second-order valence-electron chi connectivity index (χ2n) is 2.70. The number of hydrogen-bond acceptors (Lipinski definition) is 4. The Morgan fingerprint density at radius 3 is 2.33 bits per heavy atom. The van der Waals surface area contributed by atoms with Crippen LogP contribution < -0.4 is 10.6 Å². The molecule has 12 heavy (non-hydrogen) atoms. The molecule has 0 spiro atoms. The molecule has 1 aromatic rings. The highest BCUT2D eigenvalue weighted by molar-refractivity contribution is 9.10. The molecule has 0 saturated carbocycles. The van der Waals surface area contributed by atoms with Gasteiger partial charge in [0, 0.05) is 14.1 Å². The summed E-state index contributed by atoms with van der Waals surface area (Å²) in [6.45, 7) is 1.88. The molecule has 5 heteroatoms. The zero-order chi connectivity index (χ0) is 9.30. The molecular formula is C7H11BrN4. The van der Waals surface area contributed by atoms with Crippen molar-refractivity contribution in [1.82, 2.24) is 9.97 Å². The third-order valence-electron chi connectivity index (χ3n) is 1.43. The topological polar surface area (TPSA) is 55.0 Å². The summed E-state index contributed by atoms with van der Waals surface area (Å²) < 4.78 is 0.771. The maximum absolute atomic E-state index is 5.63. The fraction of sp³-hybridized carbons (Fsp3) is 0.429. The van der Waals surface area contributed by atoms with Gasteiger partial charge in [-0.1, -0.05) is 0 Å². The zero-order valence-electron chi connectivity index (χ0n) is 7.30. The van der Waals surface area contributed by atoms with Crippen LogP contribution >= 0.6 is 15.9 Å². The summed E-state index contributed by atoms with van der Waals surface area (Å²) in [5.41, 5.74) is 6.49. The highest BCUT2D eigenvalue weighted by Gasteiger charge is 2.06. The first-order valence-electron chi connectivity index (χ1n) is 3.49. The quantitative estimate of drug-likeness (QED) is 0.788. The third kappa shape index (κ3) is 1.66. The van der Waals surface area contributed by atoms with Crippen LogP contribution in [0, 0.1) is 6.92 Å². The molecular weight excluding hydrogens is 220 g/mol. The molecule has 1 heterocycles. The fourth-order valence-corrected chi connectivity index (χ4v) is 0.944. The van der Waals surface area contributed by atoms with Crippen molar-refractivity contribution in [3.63, 3.8) is 0 Å². The molecule has 0 aliphatic rings. The van der Waals surface area contributed by atoms with E-state index in [9.17, 15) is 0 Å². The number of rotatable bonds is 1. The number of nitrogens with zero attached hydrogens (tertiary/aromatic N) is 3. The Bertz CT molecular complexity index is 274. The van der Waals surface area contributed by atoms with E-state index >= 15 is 0 Å². The van der Waals surface area contributed by atoms with Crippen molar-refractivity contribution in [2.75, 3.05) is 24.7 Å². The summed E-state index contributed by atoms with van der Waals surface area (Å²) in [5.74, 6) is 1.11. The summed E-state index contributed by atoms with van der Waals surface area (Å²) in [7, 11) is 3.75. The van der Waals surface area contributed by atoms with E-state index < -0.39 is 0 Å². The summed E-state index contributed by atoms with van der Waals surface area (Å²) in [4.78, 5) is 10.1. The van der Waals surface area contributed by atoms with Crippen LogP contribution in [0.15, 0.2) is 4.47 Å². The van der Waals surface area contributed by atoms with Crippen molar-refractivity contribution >= 4 is 27.7 Å². The standard InChI is InChI=1S/C7H11BrN4/c1-4-5(8)6(9)11-7(10-4)12(2)3/h1-3H3,(H2,9,10,11). The molecule has 66 valence electrons. The third-order valence-corrected chi connectivity index (χ3v) is 2.41. The Labute approximate surface area is 79.9 Å². The molecule has 0 amide bonds. The molecule has 0 bridgehead atoms. The molecule has 1 rings (SSSR count). The van der Waals surface area contributed by atoms with Gasteiger partial charge in [-0.2, -0.15) is 4.98 Å². The molecule has 0 fully saturated rings. The molecule has 0 radical (unpaired) electrons. The first-order valence-corrected chi connectivity index (χ1v) is 4.28. The molecule has 0 unspecified atom stereocenters. The van der Waals surface area contributed by atoms with Crippen LogP contribution in [0.5, 0.6) is 0 Å². The molecule has 0 aliphatic heterocycles. The lowest BCUT2D eigenvalue weighted by molar-refractivity contribution is 0.975. The van der Waals surface area contributed by atoms with Crippen molar-refractivity contribution in [2.24, 2.45) is 0 Å². The van der Waals surface area contributed by atoms with Crippen LogP contribution in [0.25, 0.3) is 0 Å². The predicted molar refractivity (Wildman–Crippen MR) is 53.2 cm³/mol. The number of nitrogens with two attached hydrogens (primary N) is 1. The van der Waals surface area contributed by atoms with Gasteiger partial charge in [-0.3, -0.25) is 0 Å².